The third-order valence-electron chi connectivity index (χ3n) is 8.43. The fourth-order valence-corrected chi connectivity index (χ4v) is 7.69. The molecule has 0 amide bonds. The third-order valence-corrected chi connectivity index (χ3v) is 9.41. The van der Waals surface area contributed by atoms with Gasteiger partial charge in [0, 0.05) is 0 Å². The highest BCUT2D eigenvalue weighted by molar-refractivity contribution is 7.89. The number of carbonyl (C=O) groups excluding carboxylic acids is 1. The zero-order valence-electron chi connectivity index (χ0n) is 19.7. The minimum Gasteiger partial charge on any atom is -0.482 e. The molecular formula is C24H33BN2O6S. The van der Waals surface area contributed by atoms with E-state index in [9.17, 15) is 18.2 Å². The topological polar surface area (TPSA) is 106 Å². The van der Waals surface area contributed by atoms with Crippen LogP contribution in [0.25, 0.3) is 0 Å². The van der Waals surface area contributed by atoms with E-state index >= 15 is 0 Å². The first-order valence-corrected chi connectivity index (χ1v) is 14.3. The molecule has 4 atom stereocenters. The molecule has 2 bridgehead atoms. The number of carbonyl (C=O) groups is 1. The lowest BCUT2D eigenvalue weighted by Crippen LogP contribution is -2.51. The zero-order valence-corrected chi connectivity index (χ0v) is 20.5. The van der Waals surface area contributed by atoms with Gasteiger partial charge in [-0.05, 0) is 85.4 Å². The van der Waals surface area contributed by atoms with Gasteiger partial charge in [-0.2, -0.15) is 5.10 Å². The van der Waals surface area contributed by atoms with Gasteiger partial charge < -0.3 is 14.5 Å². The van der Waals surface area contributed by atoms with Crippen molar-refractivity contribution >= 4 is 34.7 Å². The molecule has 1 aromatic rings. The molecule has 3 aliphatic carbocycles. The largest absolute Gasteiger partial charge is 0.484 e. The molecule has 1 N–H and O–H groups in total. The maximum absolute atomic E-state index is 12.8. The number of fused-ring (bicyclic) bond motifs is 1. The summed E-state index contributed by atoms with van der Waals surface area (Å²) in [7, 11) is -5.17. The van der Waals surface area contributed by atoms with Crippen LogP contribution in [-0.2, 0) is 19.6 Å². The molecular weight excluding hydrogens is 455 g/mol. The first kappa shape index (κ1) is 23.7. The van der Waals surface area contributed by atoms with Gasteiger partial charge in [0.1, 0.15) is 11.9 Å². The van der Waals surface area contributed by atoms with E-state index in [1.807, 2.05) is 0 Å². The lowest BCUT2D eigenvalue weighted by atomic mass is 9.58. The number of rotatable bonds is 5. The Morgan fingerprint density at radius 2 is 1.94 bits per heavy atom. The Labute approximate surface area is 201 Å². The Bertz CT molecular complexity index is 1080. The highest BCUT2D eigenvalue weighted by Gasteiger charge is 2.51. The van der Waals surface area contributed by atoms with Crippen molar-refractivity contribution in [1.82, 2.24) is 4.33 Å². The van der Waals surface area contributed by atoms with E-state index < -0.39 is 17.1 Å². The van der Waals surface area contributed by atoms with Crippen molar-refractivity contribution in [3.63, 3.8) is 0 Å². The molecule has 10 heteroatoms. The van der Waals surface area contributed by atoms with Crippen LogP contribution in [0.15, 0.2) is 23.3 Å². The van der Waals surface area contributed by atoms with Crippen molar-refractivity contribution in [2.24, 2.45) is 22.4 Å². The van der Waals surface area contributed by atoms with E-state index in [2.05, 4.69) is 5.10 Å². The summed E-state index contributed by atoms with van der Waals surface area (Å²) >= 11 is 0. The van der Waals surface area contributed by atoms with Crippen LogP contribution < -0.4 is 10.2 Å². The van der Waals surface area contributed by atoms with Crippen LogP contribution in [0.4, 0.5) is 0 Å². The van der Waals surface area contributed by atoms with Gasteiger partial charge in [0.15, 0.2) is 6.61 Å². The molecule has 0 spiro atoms. The highest BCUT2D eigenvalue weighted by atomic mass is 32.2. The zero-order chi connectivity index (χ0) is 23.9. The summed E-state index contributed by atoms with van der Waals surface area (Å²) in [4.78, 5) is 12.8. The highest BCUT2D eigenvalue weighted by Crippen LogP contribution is 2.59. The van der Waals surface area contributed by atoms with Gasteiger partial charge in [-0.15, -0.1) is 0 Å². The lowest BCUT2D eigenvalue weighted by Gasteiger charge is -2.48. The average Bonchev–Trinajstić information content (AvgIpc) is 3.22. The van der Waals surface area contributed by atoms with Crippen molar-refractivity contribution < 1.29 is 27.7 Å². The molecule has 5 rings (SSSR count). The summed E-state index contributed by atoms with van der Waals surface area (Å²) in [5, 5.41) is 14.3. The second-order valence-electron chi connectivity index (χ2n) is 10.4. The molecule has 1 aromatic carbocycles. The number of ether oxygens (including phenoxy) is 2. The van der Waals surface area contributed by atoms with Gasteiger partial charge in [-0.3, -0.25) is 0 Å². The lowest BCUT2D eigenvalue weighted by molar-refractivity contribution is -0.159. The SMILES string of the molecule is CS(=O)(=O)N1N=Cc2ccc(OCC(=O)OC3CCCCC45CCCC3C4CCC5)cc2B1O. The van der Waals surface area contributed by atoms with Crippen LogP contribution in [0.5, 0.6) is 5.75 Å². The second-order valence-corrected chi connectivity index (χ2v) is 12.3. The van der Waals surface area contributed by atoms with Crippen LogP contribution >= 0.6 is 0 Å². The number of hydrogen-bond acceptors (Lipinski definition) is 7. The summed E-state index contributed by atoms with van der Waals surface area (Å²) in [6.45, 7) is -0.224. The van der Waals surface area contributed by atoms with Crippen LogP contribution in [0.3, 0.4) is 0 Å². The Morgan fingerprint density at radius 3 is 2.74 bits per heavy atom. The number of hydrazone groups is 1. The van der Waals surface area contributed by atoms with Crippen LogP contribution in [-0.4, -0.2) is 56.0 Å². The molecule has 0 aromatic heterocycles. The Balaban J connectivity index is 1.23. The van der Waals surface area contributed by atoms with Crippen LogP contribution in [0, 0.1) is 17.3 Å². The second kappa shape index (κ2) is 9.19. The third kappa shape index (κ3) is 4.46. The molecule has 3 fully saturated rings. The van der Waals surface area contributed by atoms with Gasteiger partial charge in [0.25, 0.3) is 0 Å². The summed E-state index contributed by atoms with van der Waals surface area (Å²) in [6, 6.07) is 4.89. The average molecular weight is 488 g/mol. The van der Waals surface area contributed by atoms with Crippen molar-refractivity contribution in [3.05, 3.63) is 23.8 Å². The summed E-state index contributed by atoms with van der Waals surface area (Å²) in [5.41, 5.74) is 1.43. The van der Waals surface area contributed by atoms with E-state index in [0.29, 0.717) is 38.4 Å². The molecule has 4 unspecified atom stereocenters. The maximum Gasteiger partial charge on any atom is 0.484 e. The fourth-order valence-electron chi connectivity index (χ4n) is 7.00. The Hall–Kier alpha value is -2.07. The van der Waals surface area contributed by atoms with Crippen molar-refractivity contribution in [2.75, 3.05) is 12.9 Å². The van der Waals surface area contributed by atoms with Gasteiger partial charge in [-0.1, -0.05) is 25.3 Å². The molecule has 0 saturated heterocycles. The summed E-state index contributed by atoms with van der Waals surface area (Å²) < 4.78 is 36.0. The predicted molar refractivity (Wildman–Crippen MR) is 129 cm³/mol. The Kier molecular flexibility index (Phi) is 6.39. The number of hydrogen-bond donors (Lipinski definition) is 1. The predicted octanol–water partition coefficient (Wildman–Crippen LogP) is 2.43. The summed E-state index contributed by atoms with van der Waals surface area (Å²) in [6.07, 6.45) is 14.5. The van der Waals surface area contributed by atoms with E-state index in [1.165, 1.54) is 51.2 Å². The number of esters is 1. The minimum atomic E-state index is -3.72. The molecule has 1 heterocycles. The first-order chi connectivity index (χ1) is 16.3. The molecule has 1 aliphatic heterocycles. The van der Waals surface area contributed by atoms with E-state index in [1.54, 1.807) is 18.2 Å². The molecule has 184 valence electrons. The Morgan fingerprint density at radius 1 is 1.18 bits per heavy atom. The molecule has 34 heavy (non-hydrogen) atoms. The van der Waals surface area contributed by atoms with Crippen LogP contribution in [0.1, 0.15) is 69.8 Å². The van der Waals surface area contributed by atoms with E-state index in [4.69, 9.17) is 9.47 Å². The molecule has 8 nitrogen and oxygen atoms in total. The van der Waals surface area contributed by atoms with Gasteiger partial charge in [-0.25, -0.2) is 17.5 Å². The van der Waals surface area contributed by atoms with E-state index in [0.717, 1.165) is 25.5 Å². The van der Waals surface area contributed by atoms with E-state index in [-0.39, 0.29) is 18.7 Å². The first-order valence-electron chi connectivity index (χ1n) is 12.4. The van der Waals surface area contributed by atoms with Crippen molar-refractivity contribution in [1.29, 1.82) is 0 Å². The summed E-state index contributed by atoms with van der Waals surface area (Å²) in [5.74, 6) is 1.13. The van der Waals surface area contributed by atoms with Gasteiger partial charge in [0.2, 0.25) is 10.0 Å². The number of nitrogens with zero attached hydrogens (tertiary/aromatic N) is 2. The normalized spacial score (nSPS) is 30.7. The minimum absolute atomic E-state index is 0.0379. The smallest absolute Gasteiger partial charge is 0.482 e. The number of benzene rings is 1. The van der Waals surface area contributed by atoms with Crippen molar-refractivity contribution in [2.45, 2.75) is 70.3 Å². The fraction of sp³-hybridized carbons (Fsp3) is 0.667. The maximum atomic E-state index is 12.8. The number of sulfonamides is 1. The van der Waals surface area contributed by atoms with Gasteiger partial charge in [0.05, 0.1) is 12.5 Å². The van der Waals surface area contributed by atoms with Gasteiger partial charge >= 0.3 is 13.0 Å². The quantitative estimate of drug-likeness (QED) is 0.504. The van der Waals surface area contributed by atoms with Crippen molar-refractivity contribution in [3.8, 4) is 5.75 Å². The monoisotopic (exact) mass is 488 g/mol. The molecule has 3 saturated carbocycles. The molecule has 4 aliphatic rings. The standard InChI is InChI=1S/C24H33BN2O6S/c1-34(30,31)27-25(29)21-14-18(10-9-17(21)15-26-27)32-16-23(28)33-22-8-2-3-11-24-12-4-6-19(22)20(24)7-5-13-24/h9-10,14-15,19-20,22,29H,2-8,11-13,16H2,1H3. The van der Waals surface area contributed by atoms with Crippen LogP contribution in [0.2, 0.25) is 0 Å². The molecule has 0 radical (unpaired) electrons.